The van der Waals surface area contributed by atoms with Crippen LogP contribution in [0.25, 0.3) is 11.3 Å². The Morgan fingerprint density at radius 3 is 2.43 bits per heavy atom. The summed E-state index contributed by atoms with van der Waals surface area (Å²) in [5.74, 6) is 0. The molecule has 0 radical (unpaired) electrons. The Kier molecular flexibility index (Phi) is 4.81. The van der Waals surface area contributed by atoms with Crippen LogP contribution in [0.3, 0.4) is 0 Å². The molecule has 2 aromatic carbocycles. The number of hydrogen-bond donors (Lipinski definition) is 1. The van der Waals surface area contributed by atoms with Crippen molar-refractivity contribution in [3.63, 3.8) is 0 Å². The first-order chi connectivity index (χ1) is 11.1. The minimum Gasteiger partial charge on any atom is -0.381 e. The van der Waals surface area contributed by atoms with Gasteiger partial charge in [-0.1, -0.05) is 65.1 Å². The number of nitrogens with zero attached hydrogens (tertiary/aromatic N) is 2. The van der Waals surface area contributed by atoms with Crippen molar-refractivity contribution in [2.45, 2.75) is 6.54 Å². The van der Waals surface area contributed by atoms with Gasteiger partial charge in [-0.05, 0) is 18.2 Å². The van der Waals surface area contributed by atoms with Gasteiger partial charge in [-0.2, -0.15) is 5.10 Å². The first-order valence-electron chi connectivity index (χ1n) is 7.02. The average molecular weight is 367 g/mol. The predicted octanol–water partition coefficient (Wildman–Crippen LogP) is 5.66. The maximum Gasteiger partial charge on any atom is 0.132 e. The van der Waals surface area contributed by atoms with Crippen LogP contribution in [0.15, 0.2) is 48.5 Å². The second kappa shape index (κ2) is 6.83. The Balaban J connectivity index is 1.89. The third-order valence-electron chi connectivity index (χ3n) is 3.51. The molecule has 1 aromatic heterocycles. The summed E-state index contributed by atoms with van der Waals surface area (Å²) >= 11 is 18.4. The molecule has 3 nitrogen and oxygen atoms in total. The fourth-order valence-electron chi connectivity index (χ4n) is 2.33. The summed E-state index contributed by atoms with van der Waals surface area (Å²) in [5.41, 5.74) is 3.70. The number of nitrogens with one attached hydrogen (secondary N) is 1. The third kappa shape index (κ3) is 3.47. The molecule has 0 atom stereocenters. The molecule has 0 unspecified atom stereocenters. The maximum atomic E-state index is 6.40. The van der Waals surface area contributed by atoms with Crippen molar-refractivity contribution < 1.29 is 0 Å². The fraction of sp³-hybridized carbons (Fsp3) is 0.118. The molecule has 0 aliphatic heterocycles. The Hall–Kier alpha value is -1.68. The van der Waals surface area contributed by atoms with E-state index in [4.69, 9.17) is 34.8 Å². The average Bonchev–Trinajstić information content (AvgIpc) is 2.85. The van der Waals surface area contributed by atoms with Crippen LogP contribution in [-0.4, -0.2) is 9.78 Å². The minimum absolute atomic E-state index is 0.511. The van der Waals surface area contributed by atoms with Gasteiger partial charge in [0.2, 0.25) is 0 Å². The van der Waals surface area contributed by atoms with Crippen LogP contribution >= 0.6 is 34.8 Å². The van der Waals surface area contributed by atoms with E-state index in [2.05, 4.69) is 10.4 Å². The minimum atomic E-state index is 0.511. The summed E-state index contributed by atoms with van der Waals surface area (Å²) < 4.78 is 1.68. The molecule has 0 saturated carbocycles. The lowest BCUT2D eigenvalue weighted by atomic mass is 10.1. The molecule has 0 bridgehead atoms. The molecule has 0 aliphatic rings. The van der Waals surface area contributed by atoms with Crippen LogP contribution in [0.5, 0.6) is 0 Å². The second-order valence-electron chi connectivity index (χ2n) is 5.09. The summed E-state index contributed by atoms with van der Waals surface area (Å²) in [7, 11) is 1.83. The normalized spacial score (nSPS) is 10.8. The van der Waals surface area contributed by atoms with Crippen LogP contribution < -0.4 is 5.32 Å². The number of hydrogen-bond acceptors (Lipinski definition) is 2. The quantitative estimate of drug-likeness (QED) is 0.645. The Labute approximate surface area is 149 Å². The first-order valence-corrected chi connectivity index (χ1v) is 8.15. The summed E-state index contributed by atoms with van der Waals surface area (Å²) in [4.78, 5) is 0. The van der Waals surface area contributed by atoms with Gasteiger partial charge in [-0.25, -0.2) is 0 Å². The SMILES string of the molecule is Cn1nc(-c2ccccc2)c(CNc2ccc(Cl)c(Cl)c2)c1Cl. The number of aryl methyl sites for hydroxylation is 1. The van der Waals surface area contributed by atoms with Crippen molar-refractivity contribution in [1.29, 1.82) is 0 Å². The van der Waals surface area contributed by atoms with E-state index < -0.39 is 0 Å². The monoisotopic (exact) mass is 365 g/mol. The molecule has 0 aliphatic carbocycles. The lowest BCUT2D eigenvalue weighted by molar-refractivity contribution is 0.771. The van der Waals surface area contributed by atoms with Crippen molar-refractivity contribution in [1.82, 2.24) is 9.78 Å². The van der Waals surface area contributed by atoms with Crippen LogP contribution in [-0.2, 0) is 13.6 Å². The Morgan fingerprint density at radius 1 is 1.00 bits per heavy atom. The number of benzene rings is 2. The van der Waals surface area contributed by atoms with E-state index >= 15 is 0 Å². The summed E-state index contributed by atoms with van der Waals surface area (Å²) in [6, 6.07) is 15.4. The van der Waals surface area contributed by atoms with E-state index in [1.54, 1.807) is 16.8 Å². The first kappa shape index (κ1) is 16.2. The molecule has 0 saturated heterocycles. The van der Waals surface area contributed by atoms with Gasteiger partial charge in [-0.3, -0.25) is 4.68 Å². The molecule has 3 rings (SSSR count). The molecule has 118 valence electrons. The van der Waals surface area contributed by atoms with Gasteiger partial charge in [0.05, 0.1) is 15.7 Å². The fourth-order valence-corrected chi connectivity index (χ4v) is 2.82. The van der Waals surface area contributed by atoms with Crippen LogP contribution in [0.4, 0.5) is 5.69 Å². The number of rotatable bonds is 4. The van der Waals surface area contributed by atoms with Gasteiger partial charge < -0.3 is 5.32 Å². The molecule has 0 amide bonds. The van der Waals surface area contributed by atoms with Gasteiger partial charge >= 0.3 is 0 Å². The van der Waals surface area contributed by atoms with Gasteiger partial charge in [0.1, 0.15) is 5.15 Å². The summed E-state index contributed by atoms with van der Waals surface area (Å²) in [6.07, 6.45) is 0. The van der Waals surface area contributed by atoms with E-state index in [0.717, 1.165) is 22.5 Å². The zero-order valence-corrected chi connectivity index (χ0v) is 14.6. The molecule has 1 N–H and O–H groups in total. The highest BCUT2D eigenvalue weighted by Gasteiger charge is 2.16. The Morgan fingerprint density at radius 2 is 1.74 bits per heavy atom. The van der Waals surface area contributed by atoms with Crippen molar-refractivity contribution >= 4 is 40.5 Å². The van der Waals surface area contributed by atoms with Gasteiger partial charge in [-0.15, -0.1) is 0 Å². The number of halogens is 3. The van der Waals surface area contributed by atoms with E-state index in [1.165, 1.54) is 0 Å². The van der Waals surface area contributed by atoms with E-state index in [0.29, 0.717) is 21.7 Å². The van der Waals surface area contributed by atoms with Gasteiger partial charge in [0.25, 0.3) is 0 Å². The standard InChI is InChI=1S/C17H14Cl3N3/c1-23-17(20)13(16(22-23)11-5-3-2-4-6-11)10-21-12-7-8-14(18)15(19)9-12/h2-9,21H,10H2,1H3. The topological polar surface area (TPSA) is 29.9 Å². The lowest BCUT2D eigenvalue weighted by Crippen LogP contribution is -2.01. The Bertz CT molecular complexity index is 829. The molecule has 23 heavy (non-hydrogen) atoms. The van der Waals surface area contributed by atoms with E-state index in [1.807, 2.05) is 43.4 Å². The number of anilines is 1. The smallest absolute Gasteiger partial charge is 0.132 e. The molecular formula is C17H14Cl3N3. The van der Waals surface area contributed by atoms with Gasteiger partial charge in [0, 0.05) is 30.4 Å². The highest BCUT2D eigenvalue weighted by molar-refractivity contribution is 6.42. The van der Waals surface area contributed by atoms with Crippen molar-refractivity contribution in [2.24, 2.45) is 7.05 Å². The molecule has 0 fully saturated rings. The summed E-state index contributed by atoms with van der Waals surface area (Å²) in [5, 5.41) is 9.48. The third-order valence-corrected chi connectivity index (χ3v) is 4.72. The van der Waals surface area contributed by atoms with Crippen molar-refractivity contribution in [2.75, 3.05) is 5.32 Å². The second-order valence-corrected chi connectivity index (χ2v) is 6.26. The van der Waals surface area contributed by atoms with Crippen molar-refractivity contribution in [3.8, 4) is 11.3 Å². The van der Waals surface area contributed by atoms with E-state index in [9.17, 15) is 0 Å². The van der Waals surface area contributed by atoms with Crippen molar-refractivity contribution in [3.05, 3.63) is 69.3 Å². The zero-order chi connectivity index (χ0) is 16.4. The molecule has 6 heteroatoms. The molecule has 3 aromatic rings. The van der Waals surface area contributed by atoms with Crippen LogP contribution in [0, 0.1) is 0 Å². The van der Waals surface area contributed by atoms with Gasteiger partial charge in [0.15, 0.2) is 0 Å². The largest absolute Gasteiger partial charge is 0.381 e. The highest BCUT2D eigenvalue weighted by Crippen LogP contribution is 2.30. The van der Waals surface area contributed by atoms with E-state index in [-0.39, 0.29) is 0 Å². The number of aromatic nitrogens is 2. The lowest BCUT2D eigenvalue weighted by Gasteiger charge is -2.08. The predicted molar refractivity (Wildman–Crippen MR) is 97.4 cm³/mol. The maximum absolute atomic E-state index is 6.40. The molecule has 0 spiro atoms. The van der Waals surface area contributed by atoms with Crippen LogP contribution in [0.2, 0.25) is 15.2 Å². The molecular weight excluding hydrogens is 353 g/mol. The molecule has 1 heterocycles. The zero-order valence-electron chi connectivity index (χ0n) is 12.4. The highest BCUT2D eigenvalue weighted by atomic mass is 35.5. The van der Waals surface area contributed by atoms with Crippen LogP contribution in [0.1, 0.15) is 5.56 Å². The summed E-state index contributed by atoms with van der Waals surface area (Å²) in [6.45, 7) is 0.537.